The number of hydrogen-bond donors (Lipinski definition) is 2. The number of fused-ring (bicyclic) bond motifs is 1. The van der Waals surface area contributed by atoms with Gasteiger partial charge in [-0.2, -0.15) is 5.10 Å². The molecule has 3 N–H and O–H groups in total. The van der Waals surface area contributed by atoms with E-state index in [1.165, 1.54) is 0 Å². The van der Waals surface area contributed by atoms with Gasteiger partial charge < -0.3 is 16.0 Å². The molecule has 1 aromatic carbocycles. The molecule has 1 aliphatic carbocycles. The van der Waals surface area contributed by atoms with Gasteiger partial charge in [0.25, 0.3) is 5.91 Å². The highest BCUT2D eigenvalue weighted by molar-refractivity contribution is 6.12. The molecular formula is C27H34N6O2. The van der Waals surface area contributed by atoms with Crippen molar-refractivity contribution in [3.63, 3.8) is 0 Å². The highest BCUT2D eigenvalue weighted by atomic mass is 16.2. The third-order valence-electron chi connectivity index (χ3n) is 7.10. The second-order valence-corrected chi connectivity index (χ2v) is 10.9. The van der Waals surface area contributed by atoms with Crippen LogP contribution in [0.3, 0.4) is 0 Å². The molecule has 3 heterocycles. The van der Waals surface area contributed by atoms with Gasteiger partial charge in [-0.1, -0.05) is 0 Å². The lowest BCUT2D eigenvalue weighted by atomic mass is 9.96. The first kappa shape index (κ1) is 23.3. The number of aryl methyl sites for hydroxylation is 1. The van der Waals surface area contributed by atoms with Crippen molar-refractivity contribution in [2.75, 3.05) is 23.3 Å². The highest BCUT2D eigenvalue weighted by Gasteiger charge is 2.30. The van der Waals surface area contributed by atoms with Crippen molar-refractivity contribution < 1.29 is 9.59 Å². The van der Waals surface area contributed by atoms with Gasteiger partial charge in [0.2, 0.25) is 5.91 Å². The van der Waals surface area contributed by atoms with Crippen LogP contribution in [-0.4, -0.2) is 39.7 Å². The van der Waals surface area contributed by atoms with Gasteiger partial charge in [-0.05, 0) is 83.7 Å². The Balaban J connectivity index is 1.39. The van der Waals surface area contributed by atoms with Crippen molar-refractivity contribution in [2.24, 2.45) is 11.7 Å². The molecule has 8 heteroatoms. The third kappa shape index (κ3) is 4.61. The van der Waals surface area contributed by atoms with Crippen LogP contribution in [0.1, 0.15) is 74.1 Å². The molecule has 2 amide bonds. The predicted molar refractivity (Wildman–Crippen MR) is 138 cm³/mol. The molecule has 0 radical (unpaired) electrons. The topological polar surface area (TPSA) is 106 Å². The zero-order valence-corrected chi connectivity index (χ0v) is 21.0. The maximum Gasteiger partial charge on any atom is 0.256 e. The molecule has 2 aromatic heterocycles. The Labute approximate surface area is 205 Å². The zero-order valence-electron chi connectivity index (χ0n) is 21.0. The predicted octanol–water partition coefficient (Wildman–Crippen LogP) is 4.33. The summed E-state index contributed by atoms with van der Waals surface area (Å²) >= 11 is 0. The maximum atomic E-state index is 13.5. The minimum Gasteiger partial charge on any atom is -0.371 e. The molecule has 0 bridgehead atoms. The molecule has 8 nitrogen and oxygen atoms in total. The summed E-state index contributed by atoms with van der Waals surface area (Å²) in [6.45, 7) is 9.84. The van der Waals surface area contributed by atoms with Gasteiger partial charge in [0.05, 0.1) is 22.2 Å². The largest absolute Gasteiger partial charge is 0.371 e. The highest BCUT2D eigenvalue weighted by Crippen LogP contribution is 2.41. The van der Waals surface area contributed by atoms with Gasteiger partial charge in [-0.25, -0.2) is 9.67 Å². The molecule has 5 rings (SSSR count). The average Bonchev–Trinajstić information content (AvgIpc) is 3.62. The Kier molecular flexibility index (Phi) is 5.77. The lowest BCUT2D eigenvalue weighted by Crippen LogP contribution is -2.38. The van der Waals surface area contributed by atoms with E-state index in [1.807, 2.05) is 41.9 Å². The number of rotatable bonds is 5. The van der Waals surface area contributed by atoms with Crippen LogP contribution in [0.15, 0.2) is 30.3 Å². The number of carbonyl (C=O) groups is 2. The first-order valence-corrected chi connectivity index (χ1v) is 12.5. The van der Waals surface area contributed by atoms with E-state index in [0.717, 1.165) is 72.6 Å². The van der Waals surface area contributed by atoms with Crippen LogP contribution < -0.4 is 16.0 Å². The average molecular weight is 475 g/mol. The Bertz CT molecular complexity index is 1280. The van der Waals surface area contributed by atoms with Crippen molar-refractivity contribution in [1.82, 2.24) is 14.8 Å². The van der Waals surface area contributed by atoms with E-state index in [4.69, 9.17) is 15.8 Å². The molecule has 2 aliphatic rings. The number of hydrogen-bond acceptors (Lipinski definition) is 5. The molecule has 1 saturated heterocycles. The van der Waals surface area contributed by atoms with Crippen molar-refractivity contribution in [3.05, 3.63) is 47.3 Å². The normalized spacial score (nSPS) is 17.1. The van der Waals surface area contributed by atoms with E-state index in [0.29, 0.717) is 11.5 Å². The number of carbonyl (C=O) groups excluding carboxylic acids is 2. The fraction of sp³-hybridized carbons (Fsp3) is 0.481. The Morgan fingerprint density at radius 3 is 2.29 bits per heavy atom. The number of nitrogens with two attached hydrogens (primary N) is 1. The SMILES string of the molecule is Cc1nn(C(C)(C)C)c2nc(C3CC3)cc(C(=O)Nc3ccc(N4CCC(C(N)=O)CC4)cc3)c12. The molecule has 1 saturated carbocycles. The Morgan fingerprint density at radius 1 is 1.06 bits per heavy atom. The minimum absolute atomic E-state index is 0.0337. The number of amides is 2. The van der Waals surface area contributed by atoms with Gasteiger partial charge in [0.1, 0.15) is 0 Å². The molecular weight excluding hydrogens is 440 g/mol. The smallest absolute Gasteiger partial charge is 0.256 e. The lowest BCUT2D eigenvalue weighted by molar-refractivity contribution is -0.122. The lowest BCUT2D eigenvalue weighted by Gasteiger charge is -2.32. The zero-order chi connectivity index (χ0) is 24.9. The van der Waals surface area contributed by atoms with Crippen molar-refractivity contribution in [3.8, 4) is 0 Å². The van der Waals surface area contributed by atoms with Crippen LogP contribution in [0.5, 0.6) is 0 Å². The summed E-state index contributed by atoms with van der Waals surface area (Å²) in [5, 5.41) is 8.65. The van der Waals surface area contributed by atoms with Crippen LogP contribution in [0, 0.1) is 12.8 Å². The van der Waals surface area contributed by atoms with Crippen LogP contribution in [-0.2, 0) is 10.3 Å². The van der Waals surface area contributed by atoms with Gasteiger partial charge in [0.15, 0.2) is 5.65 Å². The second-order valence-electron chi connectivity index (χ2n) is 10.9. The molecule has 0 unspecified atom stereocenters. The number of benzene rings is 1. The molecule has 0 spiro atoms. The summed E-state index contributed by atoms with van der Waals surface area (Å²) in [7, 11) is 0. The summed E-state index contributed by atoms with van der Waals surface area (Å²) < 4.78 is 1.94. The van der Waals surface area contributed by atoms with E-state index in [9.17, 15) is 9.59 Å². The number of nitrogens with one attached hydrogen (secondary N) is 1. The molecule has 2 fully saturated rings. The van der Waals surface area contributed by atoms with Gasteiger partial charge in [0, 0.05) is 42.0 Å². The van der Waals surface area contributed by atoms with Crippen LogP contribution in [0.2, 0.25) is 0 Å². The number of pyridine rings is 1. The number of anilines is 2. The van der Waals surface area contributed by atoms with Crippen molar-refractivity contribution in [2.45, 2.75) is 64.8 Å². The number of piperidine rings is 1. The molecule has 1 aliphatic heterocycles. The van der Waals surface area contributed by atoms with Crippen molar-refractivity contribution in [1.29, 1.82) is 0 Å². The Morgan fingerprint density at radius 2 is 1.71 bits per heavy atom. The number of aromatic nitrogens is 3. The van der Waals surface area contributed by atoms with Crippen molar-refractivity contribution >= 4 is 34.2 Å². The summed E-state index contributed by atoms with van der Waals surface area (Å²) in [5.74, 6) is 0.0353. The standard InChI is InChI=1S/C27H34N6O2/c1-16-23-21(15-22(17-5-6-17)30-25(23)33(31-16)27(2,3)4)26(35)29-19-7-9-20(10-8-19)32-13-11-18(12-14-32)24(28)34/h7-10,15,17-18H,5-6,11-14H2,1-4H3,(H2,28,34)(H,29,35). The van der Waals surface area contributed by atoms with E-state index < -0.39 is 0 Å². The summed E-state index contributed by atoms with van der Waals surface area (Å²) in [5.41, 5.74) is 10.2. The number of nitrogens with zero attached hydrogens (tertiary/aromatic N) is 4. The van der Waals surface area contributed by atoms with E-state index in [1.54, 1.807) is 0 Å². The van der Waals surface area contributed by atoms with Gasteiger partial charge in [-0.15, -0.1) is 0 Å². The summed E-state index contributed by atoms with van der Waals surface area (Å²) in [6, 6.07) is 9.84. The van der Waals surface area contributed by atoms with Gasteiger partial charge >= 0.3 is 0 Å². The third-order valence-corrected chi connectivity index (χ3v) is 7.10. The second kappa shape index (κ2) is 8.66. The fourth-order valence-corrected chi connectivity index (χ4v) is 4.92. The monoisotopic (exact) mass is 474 g/mol. The fourth-order valence-electron chi connectivity index (χ4n) is 4.92. The van der Waals surface area contributed by atoms with E-state index in [2.05, 4.69) is 31.0 Å². The first-order chi connectivity index (χ1) is 16.6. The van der Waals surface area contributed by atoms with E-state index >= 15 is 0 Å². The quantitative estimate of drug-likeness (QED) is 0.573. The summed E-state index contributed by atoms with van der Waals surface area (Å²) in [6.07, 6.45) is 3.77. The molecule has 3 aromatic rings. The molecule has 35 heavy (non-hydrogen) atoms. The van der Waals surface area contributed by atoms with Crippen LogP contribution >= 0.6 is 0 Å². The molecule has 0 atom stereocenters. The first-order valence-electron chi connectivity index (χ1n) is 12.5. The van der Waals surface area contributed by atoms with Crippen LogP contribution in [0.4, 0.5) is 11.4 Å². The van der Waals surface area contributed by atoms with E-state index in [-0.39, 0.29) is 23.3 Å². The van der Waals surface area contributed by atoms with Gasteiger partial charge in [-0.3, -0.25) is 9.59 Å². The number of primary amides is 1. The Hall–Kier alpha value is -3.42. The summed E-state index contributed by atoms with van der Waals surface area (Å²) in [4.78, 5) is 32.1. The minimum atomic E-state index is -0.239. The van der Waals surface area contributed by atoms with Crippen LogP contribution in [0.25, 0.3) is 11.0 Å². The maximum absolute atomic E-state index is 13.5. The molecule has 184 valence electrons.